The van der Waals surface area contributed by atoms with Gasteiger partial charge in [0.25, 0.3) is 5.91 Å². The summed E-state index contributed by atoms with van der Waals surface area (Å²) in [4.78, 5) is 28.6. The first kappa shape index (κ1) is 17.8. The minimum Gasteiger partial charge on any atom is -0.508 e. The van der Waals surface area contributed by atoms with Crippen LogP contribution < -0.4 is 4.90 Å². The second kappa shape index (κ2) is 7.34. The molecule has 0 spiro atoms. The molecule has 1 heterocycles. The normalized spacial score (nSPS) is 15.8. The van der Waals surface area contributed by atoms with Crippen molar-refractivity contribution in [2.24, 2.45) is 0 Å². The van der Waals surface area contributed by atoms with E-state index in [-0.39, 0.29) is 17.6 Å². The molecule has 1 aliphatic rings. The van der Waals surface area contributed by atoms with Crippen LogP contribution in [0.15, 0.2) is 41.5 Å². The molecule has 0 saturated heterocycles. The summed E-state index contributed by atoms with van der Waals surface area (Å²) in [6, 6.07) is 4.93. The standard InChI is InChI=1S/C19H24N2O3/c1-5-13(3)18(23)20-9-10-21(19(24)14(4)6-2)17-8-7-16(22)11-15(17)12-20/h5-8,11,22H,9-10,12H2,1-4H3/b13-5+,14-6+. The number of carbonyl (C=O) groups excluding carboxylic acids is 2. The van der Waals surface area contributed by atoms with Crippen molar-refractivity contribution in [1.29, 1.82) is 0 Å². The van der Waals surface area contributed by atoms with E-state index in [9.17, 15) is 14.7 Å². The Labute approximate surface area is 142 Å². The summed E-state index contributed by atoms with van der Waals surface area (Å²) < 4.78 is 0. The highest BCUT2D eigenvalue weighted by molar-refractivity contribution is 6.06. The van der Waals surface area contributed by atoms with E-state index in [1.165, 1.54) is 0 Å². The molecule has 0 aromatic heterocycles. The minimum absolute atomic E-state index is 0.0520. The average Bonchev–Trinajstić information content (AvgIpc) is 2.77. The van der Waals surface area contributed by atoms with Crippen molar-refractivity contribution in [3.63, 3.8) is 0 Å². The topological polar surface area (TPSA) is 60.9 Å². The molecular weight excluding hydrogens is 304 g/mol. The van der Waals surface area contributed by atoms with Crippen molar-refractivity contribution in [3.05, 3.63) is 47.1 Å². The third-order valence-electron chi connectivity index (χ3n) is 4.38. The monoisotopic (exact) mass is 328 g/mol. The number of aromatic hydroxyl groups is 1. The zero-order chi connectivity index (χ0) is 17.9. The molecule has 1 N–H and O–H groups in total. The predicted molar refractivity (Wildman–Crippen MR) is 94.7 cm³/mol. The van der Waals surface area contributed by atoms with Crippen molar-refractivity contribution in [2.75, 3.05) is 18.0 Å². The molecule has 2 rings (SSSR count). The van der Waals surface area contributed by atoms with Gasteiger partial charge in [0.1, 0.15) is 5.75 Å². The van der Waals surface area contributed by atoms with E-state index in [1.807, 2.05) is 13.8 Å². The Kier molecular flexibility index (Phi) is 5.44. The molecule has 5 nitrogen and oxygen atoms in total. The van der Waals surface area contributed by atoms with Gasteiger partial charge >= 0.3 is 0 Å². The lowest BCUT2D eigenvalue weighted by Gasteiger charge is -2.23. The van der Waals surface area contributed by atoms with Gasteiger partial charge in [-0.25, -0.2) is 0 Å². The van der Waals surface area contributed by atoms with Crippen LogP contribution in [0.5, 0.6) is 5.75 Å². The lowest BCUT2D eigenvalue weighted by molar-refractivity contribution is -0.127. The number of allylic oxidation sites excluding steroid dienone is 2. The molecule has 1 aromatic carbocycles. The molecule has 1 aliphatic heterocycles. The van der Waals surface area contributed by atoms with Gasteiger partial charge in [0.05, 0.1) is 0 Å². The molecular formula is C19H24N2O3. The third kappa shape index (κ3) is 3.50. The number of nitrogens with zero attached hydrogens (tertiary/aromatic N) is 2. The molecule has 0 atom stereocenters. The summed E-state index contributed by atoms with van der Waals surface area (Å²) in [6.07, 6.45) is 3.56. The molecule has 0 unspecified atom stereocenters. The Hall–Kier alpha value is -2.56. The van der Waals surface area contributed by atoms with Gasteiger partial charge in [0.2, 0.25) is 5.91 Å². The number of carbonyl (C=O) groups is 2. The van der Waals surface area contributed by atoms with Gasteiger partial charge in [-0.2, -0.15) is 0 Å². The fraction of sp³-hybridized carbons (Fsp3) is 0.368. The van der Waals surface area contributed by atoms with Crippen LogP contribution in [0.3, 0.4) is 0 Å². The Morgan fingerprint density at radius 2 is 1.67 bits per heavy atom. The van der Waals surface area contributed by atoms with E-state index < -0.39 is 0 Å². The summed E-state index contributed by atoms with van der Waals surface area (Å²) in [7, 11) is 0. The lowest BCUT2D eigenvalue weighted by atomic mass is 10.1. The first-order valence-electron chi connectivity index (χ1n) is 8.07. The van der Waals surface area contributed by atoms with Gasteiger partial charge in [0.15, 0.2) is 0 Å². The highest BCUT2D eigenvalue weighted by Crippen LogP contribution is 2.30. The number of benzene rings is 1. The number of phenolic OH excluding ortho intramolecular Hbond substituents is 1. The molecule has 2 amide bonds. The number of phenols is 1. The first-order valence-corrected chi connectivity index (χ1v) is 8.07. The first-order chi connectivity index (χ1) is 11.4. The average molecular weight is 328 g/mol. The largest absolute Gasteiger partial charge is 0.508 e. The smallest absolute Gasteiger partial charge is 0.253 e. The van der Waals surface area contributed by atoms with E-state index in [1.54, 1.807) is 54.0 Å². The number of hydrogen-bond donors (Lipinski definition) is 1. The van der Waals surface area contributed by atoms with Crippen molar-refractivity contribution >= 4 is 17.5 Å². The van der Waals surface area contributed by atoms with E-state index in [0.717, 1.165) is 11.3 Å². The van der Waals surface area contributed by atoms with Gasteiger partial charge in [0, 0.05) is 36.5 Å². The van der Waals surface area contributed by atoms with Crippen LogP contribution in [0.1, 0.15) is 33.3 Å². The molecule has 1 aromatic rings. The molecule has 0 radical (unpaired) electrons. The predicted octanol–water partition coefficient (Wildman–Crippen LogP) is 3.00. The van der Waals surface area contributed by atoms with Crippen LogP contribution in [-0.2, 0) is 16.1 Å². The van der Waals surface area contributed by atoms with Crippen LogP contribution in [0.2, 0.25) is 0 Å². The zero-order valence-corrected chi connectivity index (χ0v) is 14.7. The van der Waals surface area contributed by atoms with E-state index in [0.29, 0.717) is 30.8 Å². The molecule has 128 valence electrons. The third-order valence-corrected chi connectivity index (χ3v) is 4.38. The van der Waals surface area contributed by atoms with Crippen molar-refractivity contribution in [2.45, 2.75) is 34.2 Å². The van der Waals surface area contributed by atoms with Crippen molar-refractivity contribution in [1.82, 2.24) is 4.90 Å². The number of rotatable bonds is 2. The Morgan fingerprint density at radius 1 is 1.04 bits per heavy atom. The lowest BCUT2D eigenvalue weighted by Crippen LogP contribution is -2.38. The highest BCUT2D eigenvalue weighted by Gasteiger charge is 2.27. The summed E-state index contributed by atoms with van der Waals surface area (Å²) in [5.41, 5.74) is 2.83. The summed E-state index contributed by atoms with van der Waals surface area (Å²) in [6.45, 7) is 8.45. The van der Waals surface area contributed by atoms with Crippen LogP contribution in [-0.4, -0.2) is 34.9 Å². The number of amides is 2. The number of anilines is 1. The van der Waals surface area contributed by atoms with Crippen molar-refractivity contribution < 1.29 is 14.7 Å². The maximum absolute atomic E-state index is 12.7. The Balaban J connectivity index is 2.44. The molecule has 0 fully saturated rings. The molecule has 5 heteroatoms. The molecule has 0 aliphatic carbocycles. The SMILES string of the molecule is C/C=C(\C)C(=O)N1CCN(C(=O)/C(C)=C/C)c2ccc(O)cc2C1. The zero-order valence-electron chi connectivity index (χ0n) is 14.7. The molecule has 0 saturated carbocycles. The molecule has 0 bridgehead atoms. The van der Waals surface area contributed by atoms with Crippen molar-refractivity contribution in [3.8, 4) is 5.75 Å². The quantitative estimate of drug-likeness (QED) is 0.849. The minimum atomic E-state index is -0.0819. The van der Waals surface area contributed by atoms with Gasteiger partial charge in [-0.15, -0.1) is 0 Å². The Bertz CT molecular complexity index is 719. The van der Waals surface area contributed by atoms with Crippen LogP contribution in [0.4, 0.5) is 5.69 Å². The summed E-state index contributed by atoms with van der Waals surface area (Å²) >= 11 is 0. The maximum atomic E-state index is 12.7. The Morgan fingerprint density at radius 3 is 2.29 bits per heavy atom. The van der Waals surface area contributed by atoms with E-state index >= 15 is 0 Å². The van der Waals surface area contributed by atoms with Gasteiger partial charge in [-0.05, 0) is 51.5 Å². The number of hydrogen-bond acceptors (Lipinski definition) is 3. The summed E-state index contributed by atoms with van der Waals surface area (Å²) in [5, 5.41) is 9.81. The van der Waals surface area contributed by atoms with Gasteiger partial charge in [-0.1, -0.05) is 12.2 Å². The van der Waals surface area contributed by atoms with Gasteiger partial charge < -0.3 is 14.9 Å². The van der Waals surface area contributed by atoms with E-state index in [4.69, 9.17) is 0 Å². The fourth-order valence-electron chi connectivity index (χ4n) is 2.68. The second-order valence-corrected chi connectivity index (χ2v) is 5.94. The number of fused-ring (bicyclic) bond motifs is 1. The van der Waals surface area contributed by atoms with Crippen LogP contribution in [0.25, 0.3) is 0 Å². The van der Waals surface area contributed by atoms with Crippen LogP contribution >= 0.6 is 0 Å². The highest BCUT2D eigenvalue weighted by atomic mass is 16.3. The second-order valence-electron chi connectivity index (χ2n) is 5.94. The van der Waals surface area contributed by atoms with Gasteiger partial charge in [-0.3, -0.25) is 9.59 Å². The summed E-state index contributed by atoms with van der Waals surface area (Å²) in [5.74, 6) is -0.00805. The van der Waals surface area contributed by atoms with Crippen LogP contribution in [0, 0.1) is 0 Å². The molecule has 24 heavy (non-hydrogen) atoms. The fourth-order valence-corrected chi connectivity index (χ4v) is 2.68. The van der Waals surface area contributed by atoms with E-state index in [2.05, 4.69) is 0 Å². The maximum Gasteiger partial charge on any atom is 0.253 e.